The molecule has 0 amide bonds. The van der Waals surface area contributed by atoms with Gasteiger partial charge in [0.2, 0.25) is 0 Å². The summed E-state index contributed by atoms with van der Waals surface area (Å²) in [6, 6.07) is 3.75. The first-order valence-electron chi connectivity index (χ1n) is 12.4. The third-order valence-corrected chi connectivity index (χ3v) is 7.61. The first-order chi connectivity index (χ1) is 16.4. The molecule has 4 fully saturated rings. The van der Waals surface area contributed by atoms with E-state index in [9.17, 15) is 5.11 Å². The lowest BCUT2D eigenvalue weighted by Crippen LogP contribution is -2.48. The number of methoxy groups -OCH3 is 2. The molecule has 0 radical (unpaired) electrons. The van der Waals surface area contributed by atoms with Gasteiger partial charge in [0.15, 0.2) is 0 Å². The standard InChI is InChI=1S/C27H38O7/c1-6-22(28)20-12-21(27-14-17-9-18(15-27)11-19(10-17)16-27)24(34-26(30-5)32-8-3)13-23(20)33-25(29-4)31-7-2/h1,12-13,17-19,22,25-26,28H,7-11,14-16H2,2-5H3. The SMILES string of the molecule is C#CC(O)c1cc(C23CC4CC(CC(C4)C2)C3)c(OC(OC)OCC)cc1OC(OC)OCC. The van der Waals surface area contributed by atoms with Crippen LogP contribution < -0.4 is 9.47 Å². The van der Waals surface area contributed by atoms with E-state index < -0.39 is 19.1 Å². The molecule has 4 aliphatic carbocycles. The summed E-state index contributed by atoms with van der Waals surface area (Å²) in [6.45, 7) is 2.77. The average Bonchev–Trinajstić information content (AvgIpc) is 2.82. The molecule has 3 atom stereocenters. The number of terminal acetylenes is 1. The normalized spacial score (nSPS) is 29.9. The van der Waals surface area contributed by atoms with Crippen LogP contribution in [0.3, 0.4) is 0 Å². The predicted octanol–water partition coefficient (Wildman–Crippen LogP) is 4.51. The van der Waals surface area contributed by atoms with Gasteiger partial charge in [0.05, 0.1) is 13.2 Å². The molecule has 7 heteroatoms. The molecule has 34 heavy (non-hydrogen) atoms. The first kappa shape index (κ1) is 25.3. The lowest BCUT2D eigenvalue weighted by Gasteiger charge is -2.57. The van der Waals surface area contributed by atoms with Crippen LogP contribution in [0.25, 0.3) is 0 Å². The van der Waals surface area contributed by atoms with Crippen molar-refractivity contribution in [2.24, 2.45) is 17.8 Å². The van der Waals surface area contributed by atoms with Crippen LogP contribution in [0.2, 0.25) is 0 Å². The van der Waals surface area contributed by atoms with E-state index in [1.807, 2.05) is 19.9 Å². The number of ether oxygens (including phenoxy) is 6. The quantitative estimate of drug-likeness (QED) is 0.353. The molecule has 0 aromatic heterocycles. The van der Waals surface area contributed by atoms with Gasteiger partial charge >= 0.3 is 13.0 Å². The van der Waals surface area contributed by atoms with Crippen molar-refractivity contribution < 1.29 is 33.5 Å². The van der Waals surface area contributed by atoms with Crippen molar-refractivity contribution in [3.05, 3.63) is 23.3 Å². The van der Waals surface area contributed by atoms with Crippen molar-refractivity contribution in [2.75, 3.05) is 27.4 Å². The highest BCUT2D eigenvalue weighted by Crippen LogP contribution is 2.62. The van der Waals surface area contributed by atoms with Gasteiger partial charge in [-0.25, -0.2) is 0 Å². The summed E-state index contributed by atoms with van der Waals surface area (Å²) in [7, 11) is 3.05. The molecule has 1 aromatic carbocycles. The molecule has 1 N–H and O–H groups in total. The number of rotatable bonds is 12. The Balaban J connectivity index is 1.80. The molecule has 0 aliphatic heterocycles. The number of hydrogen-bond donors (Lipinski definition) is 1. The molecular weight excluding hydrogens is 436 g/mol. The summed E-state index contributed by atoms with van der Waals surface area (Å²) in [5.41, 5.74) is 1.54. The Morgan fingerprint density at radius 2 is 1.41 bits per heavy atom. The molecule has 3 unspecified atom stereocenters. The molecule has 0 heterocycles. The molecule has 4 aliphatic rings. The Morgan fingerprint density at radius 3 is 1.85 bits per heavy atom. The number of hydrogen-bond acceptors (Lipinski definition) is 7. The van der Waals surface area contributed by atoms with Gasteiger partial charge in [0.25, 0.3) is 0 Å². The van der Waals surface area contributed by atoms with Crippen LogP contribution in [0.1, 0.15) is 69.6 Å². The lowest BCUT2D eigenvalue weighted by atomic mass is 9.48. The van der Waals surface area contributed by atoms with Crippen molar-refractivity contribution in [1.82, 2.24) is 0 Å². The minimum Gasteiger partial charge on any atom is -0.441 e. The molecule has 4 saturated carbocycles. The summed E-state index contributed by atoms with van der Waals surface area (Å²) in [5.74, 6) is 5.61. The summed E-state index contributed by atoms with van der Waals surface area (Å²) in [6.07, 6.45) is 11.8. The first-order valence-corrected chi connectivity index (χ1v) is 12.4. The Morgan fingerprint density at radius 1 is 0.912 bits per heavy atom. The fraction of sp³-hybridized carbons (Fsp3) is 0.704. The highest BCUT2D eigenvalue weighted by Gasteiger charge is 2.53. The van der Waals surface area contributed by atoms with E-state index in [4.69, 9.17) is 34.8 Å². The van der Waals surface area contributed by atoms with Gasteiger partial charge in [-0.2, -0.15) is 0 Å². The number of aliphatic hydroxyl groups is 1. The van der Waals surface area contributed by atoms with Crippen LogP contribution in [0, 0.1) is 30.1 Å². The molecule has 7 nitrogen and oxygen atoms in total. The maximum atomic E-state index is 10.7. The Kier molecular flexibility index (Phi) is 8.06. The van der Waals surface area contributed by atoms with Gasteiger partial charge in [-0.3, -0.25) is 0 Å². The monoisotopic (exact) mass is 474 g/mol. The van der Waals surface area contributed by atoms with Crippen molar-refractivity contribution >= 4 is 0 Å². The number of aliphatic hydroxyl groups excluding tert-OH is 1. The smallest absolute Gasteiger partial charge is 0.315 e. The molecular formula is C27H38O7. The molecule has 4 bridgehead atoms. The third kappa shape index (κ3) is 5.07. The lowest BCUT2D eigenvalue weighted by molar-refractivity contribution is -0.233. The third-order valence-electron chi connectivity index (χ3n) is 7.61. The van der Waals surface area contributed by atoms with Crippen molar-refractivity contribution in [3.8, 4) is 23.8 Å². The Labute approximate surface area is 203 Å². The van der Waals surface area contributed by atoms with Gasteiger partial charge in [-0.05, 0) is 81.6 Å². The zero-order valence-electron chi connectivity index (χ0n) is 20.7. The van der Waals surface area contributed by atoms with Crippen LogP contribution in [-0.4, -0.2) is 45.5 Å². The van der Waals surface area contributed by atoms with Crippen LogP contribution in [0.4, 0.5) is 0 Å². The maximum absolute atomic E-state index is 10.7. The van der Waals surface area contributed by atoms with E-state index >= 15 is 0 Å². The largest absolute Gasteiger partial charge is 0.441 e. The van der Waals surface area contributed by atoms with E-state index in [0.717, 1.165) is 42.6 Å². The molecule has 0 saturated heterocycles. The van der Waals surface area contributed by atoms with Crippen molar-refractivity contribution in [1.29, 1.82) is 0 Å². The second-order valence-corrected chi connectivity index (χ2v) is 9.85. The molecule has 5 rings (SSSR count). The van der Waals surface area contributed by atoms with Gasteiger partial charge in [-0.1, -0.05) is 5.92 Å². The van der Waals surface area contributed by atoms with Crippen LogP contribution >= 0.6 is 0 Å². The summed E-state index contributed by atoms with van der Waals surface area (Å²) in [5, 5.41) is 10.7. The van der Waals surface area contributed by atoms with E-state index in [0.29, 0.717) is 30.3 Å². The predicted molar refractivity (Wildman–Crippen MR) is 126 cm³/mol. The molecule has 188 valence electrons. The number of benzene rings is 1. The van der Waals surface area contributed by atoms with Gasteiger partial charge < -0.3 is 33.5 Å². The fourth-order valence-corrected chi connectivity index (χ4v) is 6.72. The van der Waals surface area contributed by atoms with Crippen LogP contribution in [-0.2, 0) is 24.4 Å². The van der Waals surface area contributed by atoms with Gasteiger partial charge in [-0.15, -0.1) is 6.42 Å². The van der Waals surface area contributed by atoms with Crippen LogP contribution in [0.15, 0.2) is 12.1 Å². The molecule has 1 aromatic rings. The van der Waals surface area contributed by atoms with E-state index in [1.165, 1.54) is 26.4 Å². The maximum Gasteiger partial charge on any atom is 0.315 e. The van der Waals surface area contributed by atoms with Crippen molar-refractivity contribution in [2.45, 2.75) is 76.8 Å². The average molecular weight is 475 g/mol. The zero-order chi connectivity index (χ0) is 24.3. The van der Waals surface area contributed by atoms with Crippen molar-refractivity contribution in [3.63, 3.8) is 0 Å². The summed E-state index contributed by atoms with van der Waals surface area (Å²) < 4.78 is 34.1. The highest BCUT2D eigenvalue weighted by molar-refractivity contribution is 5.53. The second kappa shape index (κ2) is 10.8. The highest BCUT2D eigenvalue weighted by atomic mass is 16.8. The minimum absolute atomic E-state index is 0.0171. The summed E-state index contributed by atoms with van der Waals surface area (Å²) in [4.78, 5) is 0. The summed E-state index contributed by atoms with van der Waals surface area (Å²) >= 11 is 0. The van der Waals surface area contributed by atoms with Crippen LogP contribution in [0.5, 0.6) is 11.5 Å². The van der Waals surface area contributed by atoms with Gasteiger partial charge in [0.1, 0.15) is 17.6 Å². The van der Waals surface area contributed by atoms with E-state index in [2.05, 4.69) is 5.92 Å². The Bertz CT molecular complexity index is 841. The second-order valence-electron chi connectivity index (χ2n) is 9.85. The molecule has 0 spiro atoms. The van der Waals surface area contributed by atoms with Gasteiger partial charge in [0, 0.05) is 31.4 Å². The minimum atomic E-state index is -1.14. The van der Waals surface area contributed by atoms with E-state index in [-0.39, 0.29) is 5.41 Å². The van der Waals surface area contributed by atoms with E-state index in [1.54, 1.807) is 13.2 Å². The fourth-order valence-electron chi connectivity index (χ4n) is 6.72. The Hall–Kier alpha value is -1.82. The topological polar surface area (TPSA) is 75.6 Å². The zero-order valence-corrected chi connectivity index (χ0v) is 20.7.